The second-order valence-electron chi connectivity index (χ2n) is 0. The fraction of sp³-hybridized carbons (Fsp3) is 0. The quantitative estimate of drug-likeness (QED) is 0.428. The van der Waals surface area contributed by atoms with Crippen LogP contribution in [0.3, 0.4) is 0 Å². The standard InChI is InChI=1S/4ClH.O.W/h4*1H;;/p-4. The molecule has 0 heterocycles. The number of halogens is 4. The Morgan fingerprint density at radius 2 is 0.667 bits per heavy atom. The Balaban J connectivity index is -0.000000000833. The molecule has 6 heteroatoms. The summed E-state index contributed by atoms with van der Waals surface area (Å²) in [5, 5.41) is 0. The van der Waals surface area contributed by atoms with Crippen molar-refractivity contribution < 1.29 is 72.8 Å². The molecular formula is Cl4OW-4. The number of rotatable bonds is 0. The summed E-state index contributed by atoms with van der Waals surface area (Å²) in [6.07, 6.45) is 0. The third-order valence-electron chi connectivity index (χ3n) is 0. The van der Waals surface area contributed by atoms with Gasteiger partial charge in [0.1, 0.15) is 0 Å². The molecule has 0 amide bonds. The molecule has 0 aliphatic carbocycles. The monoisotopic (exact) mass is 340 g/mol. The van der Waals surface area contributed by atoms with Gasteiger partial charge in [0.15, 0.2) is 0 Å². The molecule has 0 atom stereocenters. The predicted molar refractivity (Wildman–Crippen MR) is 0.686 cm³/mol. The van der Waals surface area contributed by atoms with Gasteiger partial charge in [0, 0.05) is 0 Å². The van der Waals surface area contributed by atoms with Crippen LogP contribution in [0, 0.1) is 0 Å². The number of hydrogen-bond donors (Lipinski definition) is 0. The third-order valence-corrected chi connectivity index (χ3v) is 0. The molecule has 0 aromatic rings. The van der Waals surface area contributed by atoms with Gasteiger partial charge >= 0.3 is 23.2 Å². The summed E-state index contributed by atoms with van der Waals surface area (Å²) in [5.74, 6) is 0. The first-order chi connectivity index (χ1) is 1.00. The summed E-state index contributed by atoms with van der Waals surface area (Å²) in [5.41, 5.74) is 0. The van der Waals surface area contributed by atoms with Crippen molar-refractivity contribution in [1.29, 1.82) is 0 Å². The first kappa shape index (κ1) is 48.2. The molecule has 44 valence electrons. The molecule has 0 aromatic carbocycles. The number of hydrogen-bond acceptors (Lipinski definition) is 1. The minimum absolute atomic E-state index is 0. The summed E-state index contributed by atoms with van der Waals surface area (Å²) in [6.45, 7) is 0. The Morgan fingerprint density at radius 3 is 0.667 bits per heavy atom. The van der Waals surface area contributed by atoms with Gasteiger partial charge in [-0.15, -0.1) is 0 Å². The van der Waals surface area contributed by atoms with Crippen LogP contribution in [0.5, 0.6) is 0 Å². The van der Waals surface area contributed by atoms with E-state index in [1.165, 1.54) is 0 Å². The van der Waals surface area contributed by atoms with E-state index in [0.717, 1.165) is 0 Å². The molecular weight excluding hydrogens is 342 g/mol. The van der Waals surface area contributed by atoms with Gasteiger partial charge in [-0.25, -0.2) is 0 Å². The van der Waals surface area contributed by atoms with Gasteiger partial charge in [-0.1, -0.05) is 0 Å². The molecule has 0 rings (SSSR count). The molecule has 0 bridgehead atoms. The van der Waals surface area contributed by atoms with Crippen LogP contribution in [-0.4, -0.2) is 0 Å². The molecule has 0 spiro atoms. The summed E-state index contributed by atoms with van der Waals surface area (Å²) in [7, 11) is 0. The van der Waals surface area contributed by atoms with Gasteiger partial charge in [0.25, 0.3) is 0 Å². The van der Waals surface area contributed by atoms with Gasteiger partial charge in [0.05, 0.1) is 0 Å². The molecule has 0 aromatic heterocycles. The van der Waals surface area contributed by atoms with Crippen molar-refractivity contribution in [3.8, 4) is 0 Å². The maximum absolute atomic E-state index is 8.33. The van der Waals surface area contributed by atoms with E-state index in [1.807, 2.05) is 0 Å². The van der Waals surface area contributed by atoms with Crippen LogP contribution < -0.4 is 49.6 Å². The van der Waals surface area contributed by atoms with E-state index < -0.39 is 0 Å². The molecule has 1 nitrogen and oxygen atoms in total. The van der Waals surface area contributed by atoms with Crippen LogP contribution in [0.25, 0.3) is 0 Å². The summed E-state index contributed by atoms with van der Waals surface area (Å²) in [6, 6.07) is 0. The van der Waals surface area contributed by atoms with Crippen molar-refractivity contribution in [3.05, 3.63) is 0 Å². The zero-order chi connectivity index (χ0) is 2.00. The molecule has 0 fully saturated rings. The second kappa shape index (κ2) is 78.1. The second-order valence-corrected chi connectivity index (χ2v) is 0. The normalized spacial score (nSPS) is 0.667. The molecule has 0 radical (unpaired) electrons. The van der Waals surface area contributed by atoms with E-state index in [4.69, 9.17) is 3.40 Å². The Bertz CT molecular complexity index is 7.51. The molecule has 0 N–H and O–H groups in total. The van der Waals surface area contributed by atoms with Crippen molar-refractivity contribution in [2.45, 2.75) is 0 Å². The Morgan fingerprint density at radius 1 is 0.667 bits per heavy atom. The molecule has 0 aliphatic rings. The molecule has 0 saturated carbocycles. The van der Waals surface area contributed by atoms with Gasteiger partial charge in [-0.05, 0) is 0 Å². The van der Waals surface area contributed by atoms with Crippen molar-refractivity contribution in [3.63, 3.8) is 0 Å². The van der Waals surface area contributed by atoms with Gasteiger partial charge < -0.3 is 49.6 Å². The van der Waals surface area contributed by atoms with Crippen molar-refractivity contribution >= 4 is 0 Å². The predicted octanol–water partition coefficient (Wildman–Crippen LogP) is -12.1. The first-order valence-electron chi connectivity index (χ1n) is 0.167. The molecule has 6 heavy (non-hydrogen) atoms. The van der Waals surface area contributed by atoms with Crippen LogP contribution in [-0.2, 0) is 23.2 Å². The minimum atomic E-state index is 0. The van der Waals surface area contributed by atoms with E-state index >= 15 is 0 Å². The van der Waals surface area contributed by atoms with E-state index in [2.05, 4.69) is 0 Å². The average Bonchev–Trinajstić information content (AvgIpc) is 1.00. The Hall–Kier alpha value is 1.65. The van der Waals surface area contributed by atoms with E-state index in [9.17, 15) is 0 Å². The van der Waals surface area contributed by atoms with Crippen LogP contribution >= 0.6 is 0 Å². The zero-order valence-corrected chi connectivity index (χ0v) is 8.29. The van der Waals surface area contributed by atoms with Crippen LogP contribution in [0.1, 0.15) is 0 Å². The van der Waals surface area contributed by atoms with Crippen molar-refractivity contribution in [2.24, 2.45) is 0 Å². The fourth-order valence-corrected chi connectivity index (χ4v) is 0. The SMILES string of the molecule is [Cl-].[Cl-].[Cl-].[Cl-].[O]=[W]. The summed E-state index contributed by atoms with van der Waals surface area (Å²) < 4.78 is 8.33. The van der Waals surface area contributed by atoms with Crippen molar-refractivity contribution in [2.75, 3.05) is 0 Å². The summed E-state index contributed by atoms with van der Waals surface area (Å²) >= 11 is 0.333. The molecule has 0 unspecified atom stereocenters. The van der Waals surface area contributed by atoms with Crippen LogP contribution in [0.15, 0.2) is 0 Å². The molecule has 0 aliphatic heterocycles. The fourth-order valence-electron chi connectivity index (χ4n) is 0. The van der Waals surface area contributed by atoms with E-state index in [1.54, 1.807) is 0 Å². The third kappa shape index (κ3) is 44.9. The van der Waals surface area contributed by atoms with E-state index in [0.29, 0.717) is 19.8 Å². The van der Waals surface area contributed by atoms with Gasteiger partial charge in [0.2, 0.25) is 0 Å². The Kier molecular flexibility index (Phi) is 627. The maximum atomic E-state index is 8.33. The first-order valence-corrected chi connectivity index (χ1v) is 1.36. The summed E-state index contributed by atoms with van der Waals surface area (Å²) in [4.78, 5) is 0. The van der Waals surface area contributed by atoms with E-state index in [-0.39, 0.29) is 49.6 Å². The van der Waals surface area contributed by atoms with Crippen molar-refractivity contribution in [1.82, 2.24) is 0 Å². The van der Waals surface area contributed by atoms with Gasteiger partial charge in [-0.2, -0.15) is 0 Å². The Labute approximate surface area is 72.5 Å². The van der Waals surface area contributed by atoms with Crippen LogP contribution in [0.2, 0.25) is 0 Å². The van der Waals surface area contributed by atoms with Gasteiger partial charge in [-0.3, -0.25) is 0 Å². The van der Waals surface area contributed by atoms with Crippen LogP contribution in [0.4, 0.5) is 0 Å². The topological polar surface area (TPSA) is 17.1 Å². The molecule has 0 saturated heterocycles. The average molecular weight is 342 g/mol. The zero-order valence-electron chi connectivity index (χ0n) is 2.33.